The number of esters is 1. The van der Waals surface area contributed by atoms with E-state index in [-0.39, 0.29) is 23.6 Å². The third-order valence-corrected chi connectivity index (χ3v) is 2.89. The molecular formula is C14H19NO5. The highest BCUT2D eigenvalue weighted by Gasteiger charge is 2.19. The van der Waals surface area contributed by atoms with Gasteiger partial charge < -0.3 is 9.47 Å². The van der Waals surface area contributed by atoms with Crippen LogP contribution in [0.1, 0.15) is 37.6 Å². The lowest BCUT2D eigenvalue weighted by Crippen LogP contribution is -2.10. The second-order valence-corrected chi connectivity index (χ2v) is 4.48. The summed E-state index contributed by atoms with van der Waals surface area (Å²) in [5, 5.41) is 11.0. The SMILES string of the molecule is CCOC(=O)c1ccc(OCC(C)CC)c([N+](=O)[O-])c1. The molecule has 0 aliphatic heterocycles. The minimum Gasteiger partial charge on any atom is -0.487 e. The highest BCUT2D eigenvalue weighted by molar-refractivity contribution is 5.90. The van der Waals surface area contributed by atoms with Crippen molar-refractivity contribution in [3.63, 3.8) is 0 Å². The summed E-state index contributed by atoms with van der Waals surface area (Å²) in [7, 11) is 0. The molecule has 0 aliphatic rings. The summed E-state index contributed by atoms with van der Waals surface area (Å²) < 4.78 is 10.3. The van der Waals surface area contributed by atoms with Gasteiger partial charge in [0.1, 0.15) is 0 Å². The molecule has 0 aliphatic carbocycles. The van der Waals surface area contributed by atoms with Crippen LogP contribution in [0.4, 0.5) is 5.69 Å². The second-order valence-electron chi connectivity index (χ2n) is 4.48. The molecule has 0 amide bonds. The van der Waals surface area contributed by atoms with Gasteiger partial charge in [-0.1, -0.05) is 20.3 Å². The van der Waals surface area contributed by atoms with Crippen LogP contribution in [0.25, 0.3) is 0 Å². The van der Waals surface area contributed by atoms with Crippen molar-refractivity contribution in [2.75, 3.05) is 13.2 Å². The Hall–Kier alpha value is -2.11. The van der Waals surface area contributed by atoms with Crippen LogP contribution in [0.15, 0.2) is 18.2 Å². The van der Waals surface area contributed by atoms with E-state index in [1.54, 1.807) is 6.92 Å². The van der Waals surface area contributed by atoms with E-state index in [4.69, 9.17) is 9.47 Å². The van der Waals surface area contributed by atoms with Gasteiger partial charge in [-0.3, -0.25) is 10.1 Å². The Morgan fingerprint density at radius 2 is 2.10 bits per heavy atom. The lowest BCUT2D eigenvalue weighted by molar-refractivity contribution is -0.385. The van der Waals surface area contributed by atoms with Gasteiger partial charge in [0.15, 0.2) is 5.75 Å². The molecule has 0 saturated heterocycles. The molecule has 1 aromatic carbocycles. The van der Waals surface area contributed by atoms with Gasteiger partial charge in [0.2, 0.25) is 0 Å². The second kappa shape index (κ2) is 7.47. The summed E-state index contributed by atoms with van der Waals surface area (Å²) in [6, 6.07) is 4.09. The predicted octanol–water partition coefficient (Wildman–Crippen LogP) is 3.20. The van der Waals surface area contributed by atoms with Crippen LogP contribution in [0.2, 0.25) is 0 Å². The number of hydrogen-bond donors (Lipinski definition) is 0. The number of benzene rings is 1. The Kier molecular flexibility index (Phi) is 5.96. The number of nitro groups is 1. The van der Waals surface area contributed by atoms with Gasteiger partial charge in [0.05, 0.1) is 23.7 Å². The molecule has 0 N–H and O–H groups in total. The fourth-order valence-corrected chi connectivity index (χ4v) is 1.47. The number of carbonyl (C=O) groups excluding carboxylic acids is 1. The number of nitro benzene ring substituents is 1. The van der Waals surface area contributed by atoms with E-state index in [2.05, 4.69) is 0 Å². The van der Waals surface area contributed by atoms with Gasteiger partial charge >= 0.3 is 11.7 Å². The summed E-state index contributed by atoms with van der Waals surface area (Å²) in [6.07, 6.45) is 0.925. The van der Waals surface area contributed by atoms with E-state index in [9.17, 15) is 14.9 Å². The number of nitrogens with zero attached hydrogens (tertiary/aromatic N) is 1. The average Bonchev–Trinajstić information content (AvgIpc) is 2.44. The summed E-state index contributed by atoms with van der Waals surface area (Å²) in [6.45, 7) is 6.32. The molecule has 0 radical (unpaired) electrons. The first-order valence-corrected chi connectivity index (χ1v) is 6.57. The van der Waals surface area contributed by atoms with Crippen molar-refractivity contribution in [3.05, 3.63) is 33.9 Å². The molecule has 6 heteroatoms. The predicted molar refractivity (Wildman–Crippen MR) is 74.0 cm³/mol. The lowest BCUT2D eigenvalue weighted by Gasteiger charge is -2.11. The highest BCUT2D eigenvalue weighted by Crippen LogP contribution is 2.28. The quantitative estimate of drug-likeness (QED) is 0.435. The molecular weight excluding hydrogens is 262 g/mol. The molecule has 0 bridgehead atoms. The first kappa shape index (κ1) is 15.9. The van der Waals surface area contributed by atoms with Crippen LogP contribution >= 0.6 is 0 Å². The van der Waals surface area contributed by atoms with E-state index in [1.165, 1.54) is 18.2 Å². The topological polar surface area (TPSA) is 78.7 Å². The maximum absolute atomic E-state index is 11.6. The Balaban J connectivity index is 2.96. The van der Waals surface area contributed by atoms with Crippen LogP contribution < -0.4 is 4.74 Å². The summed E-state index contributed by atoms with van der Waals surface area (Å²) in [5.41, 5.74) is -0.0757. The van der Waals surface area contributed by atoms with Gasteiger partial charge in [-0.25, -0.2) is 4.79 Å². The Morgan fingerprint density at radius 1 is 1.40 bits per heavy atom. The van der Waals surface area contributed by atoms with Crippen molar-refractivity contribution < 1.29 is 19.2 Å². The number of ether oxygens (including phenoxy) is 2. The first-order valence-electron chi connectivity index (χ1n) is 6.57. The molecule has 1 aromatic rings. The molecule has 20 heavy (non-hydrogen) atoms. The summed E-state index contributed by atoms with van der Waals surface area (Å²) in [4.78, 5) is 22.0. The minimum atomic E-state index is -0.580. The van der Waals surface area contributed by atoms with Crippen molar-refractivity contribution in [1.29, 1.82) is 0 Å². The van der Waals surface area contributed by atoms with E-state index in [0.29, 0.717) is 12.5 Å². The molecule has 0 heterocycles. The highest BCUT2D eigenvalue weighted by atomic mass is 16.6. The van der Waals surface area contributed by atoms with E-state index >= 15 is 0 Å². The number of hydrogen-bond acceptors (Lipinski definition) is 5. The lowest BCUT2D eigenvalue weighted by atomic mass is 10.1. The molecule has 0 spiro atoms. The standard InChI is InChI=1S/C14H19NO5/c1-4-10(3)9-20-13-7-6-11(14(16)19-5-2)8-12(13)15(17)18/h6-8,10H,4-5,9H2,1-3H3. The molecule has 0 aromatic heterocycles. The number of carbonyl (C=O) groups is 1. The maximum atomic E-state index is 11.6. The Bertz CT molecular complexity index is 486. The Labute approximate surface area is 117 Å². The monoisotopic (exact) mass is 281 g/mol. The Morgan fingerprint density at radius 3 is 2.65 bits per heavy atom. The fraction of sp³-hybridized carbons (Fsp3) is 0.500. The van der Waals surface area contributed by atoms with E-state index in [0.717, 1.165) is 6.42 Å². The molecule has 0 fully saturated rings. The zero-order chi connectivity index (χ0) is 15.1. The molecule has 1 atom stereocenters. The molecule has 1 unspecified atom stereocenters. The first-order chi connectivity index (χ1) is 9.49. The zero-order valence-electron chi connectivity index (χ0n) is 11.9. The largest absolute Gasteiger partial charge is 0.487 e. The van der Waals surface area contributed by atoms with Gasteiger partial charge in [-0.05, 0) is 25.0 Å². The van der Waals surface area contributed by atoms with Gasteiger partial charge in [-0.2, -0.15) is 0 Å². The third-order valence-electron chi connectivity index (χ3n) is 2.89. The summed E-state index contributed by atoms with van der Waals surface area (Å²) >= 11 is 0. The van der Waals surface area contributed by atoms with Crippen molar-refractivity contribution in [1.82, 2.24) is 0 Å². The van der Waals surface area contributed by atoms with Crippen molar-refractivity contribution in [3.8, 4) is 5.75 Å². The fourth-order valence-electron chi connectivity index (χ4n) is 1.47. The number of rotatable bonds is 7. The zero-order valence-corrected chi connectivity index (χ0v) is 11.9. The van der Waals surface area contributed by atoms with Crippen LogP contribution in [0, 0.1) is 16.0 Å². The van der Waals surface area contributed by atoms with Crippen molar-refractivity contribution >= 4 is 11.7 Å². The van der Waals surface area contributed by atoms with E-state index < -0.39 is 10.9 Å². The van der Waals surface area contributed by atoms with E-state index in [1.807, 2.05) is 13.8 Å². The normalized spacial score (nSPS) is 11.8. The van der Waals surface area contributed by atoms with Crippen molar-refractivity contribution in [2.24, 2.45) is 5.92 Å². The van der Waals surface area contributed by atoms with Crippen LogP contribution in [0.3, 0.4) is 0 Å². The van der Waals surface area contributed by atoms with Crippen LogP contribution in [-0.4, -0.2) is 24.1 Å². The molecule has 1 rings (SSSR count). The summed E-state index contributed by atoms with van der Waals surface area (Å²) in [5.74, 6) is -0.105. The van der Waals surface area contributed by atoms with Crippen molar-refractivity contribution in [2.45, 2.75) is 27.2 Å². The van der Waals surface area contributed by atoms with Crippen LogP contribution in [-0.2, 0) is 4.74 Å². The molecule has 6 nitrogen and oxygen atoms in total. The van der Waals surface area contributed by atoms with Gasteiger partial charge in [0, 0.05) is 6.07 Å². The molecule has 0 saturated carbocycles. The van der Waals surface area contributed by atoms with Gasteiger partial charge in [-0.15, -0.1) is 0 Å². The van der Waals surface area contributed by atoms with Crippen LogP contribution in [0.5, 0.6) is 5.75 Å². The van der Waals surface area contributed by atoms with Gasteiger partial charge in [0.25, 0.3) is 0 Å². The third kappa shape index (κ3) is 4.22. The molecule has 110 valence electrons. The maximum Gasteiger partial charge on any atom is 0.338 e. The minimum absolute atomic E-state index is 0.148. The average molecular weight is 281 g/mol. The smallest absolute Gasteiger partial charge is 0.338 e.